The van der Waals surface area contributed by atoms with Gasteiger partial charge in [0.2, 0.25) is 5.88 Å². The van der Waals surface area contributed by atoms with Gasteiger partial charge in [0.15, 0.2) is 0 Å². The van der Waals surface area contributed by atoms with E-state index in [1.807, 2.05) is 30.3 Å². The zero-order valence-electron chi connectivity index (χ0n) is 9.96. The topological polar surface area (TPSA) is 55.1 Å². The van der Waals surface area contributed by atoms with Crippen molar-refractivity contribution in [3.05, 3.63) is 53.7 Å². The molecule has 1 heterocycles. The smallest absolute Gasteiger partial charge is 0.220 e. The number of hydrogen-bond donors (Lipinski definition) is 0. The fourth-order valence-electron chi connectivity index (χ4n) is 1.52. The number of pyridine rings is 1. The summed E-state index contributed by atoms with van der Waals surface area (Å²) in [7, 11) is 1.64. The van der Waals surface area contributed by atoms with Gasteiger partial charge >= 0.3 is 0 Å². The lowest BCUT2D eigenvalue weighted by molar-refractivity contribution is 0.184. The van der Waals surface area contributed by atoms with Crippen molar-refractivity contribution in [3.8, 4) is 17.7 Å². The SMILES string of the molecule is COCc1cccc(Oc2cc(C#N)ccn2)c1. The Morgan fingerprint density at radius 3 is 2.94 bits per heavy atom. The molecule has 0 aliphatic rings. The Kier molecular flexibility index (Phi) is 3.90. The second kappa shape index (κ2) is 5.80. The molecule has 1 aromatic carbocycles. The Balaban J connectivity index is 2.18. The minimum absolute atomic E-state index is 0.406. The van der Waals surface area contributed by atoms with E-state index in [0.29, 0.717) is 23.8 Å². The van der Waals surface area contributed by atoms with Crippen LogP contribution in [0.1, 0.15) is 11.1 Å². The summed E-state index contributed by atoms with van der Waals surface area (Å²) in [6.45, 7) is 0.531. The lowest BCUT2D eigenvalue weighted by Crippen LogP contribution is -1.91. The Morgan fingerprint density at radius 1 is 1.28 bits per heavy atom. The molecular formula is C14H12N2O2. The maximum atomic E-state index is 8.79. The monoisotopic (exact) mass is 240 g/mol. The summed E-state index contributed by atoms with van der Waals surface area (Å²) < 4.78 is 10.6. The van der Waals surface area contributed by atoms with Crippen LogP contribution in [-0.4, -0.2) is 12.1 Å². The number of nitrogens with zero attached hydrogens (tertiary/aromatic N) is 2. The van der Waals surface area contributed by atoms with E-state index < -0.39 is 0 Å². The lowest BCUT2D eigenvalue weighted by Gasteiger charge is -2.06. The van der Waals surface area contributed by atoms with Gasteiger partial charge in [0, 0.05) is 19.4 Å². The average Bonchev–Trinajstić information content (AvgIpc) is 2.40. The lowest BCUT2D eigenvalue weighted by atomic mass is 10.2. The Hall–Kier alpha value is -2.38. The van der Waals surface area contributed by atoms with Crippen LogP contribution in [0.15, 0.2) is 42.6 Å². The molecule has 0 bridgehead atoms. The molecule has 0 fully saturated rings. The second-order valence-corrected chi connectivity index (χ2v) is 3.68. The van der Waals surface area contributed by atoms with Crippen LogP contribution in [-0.2, 0) is 11.3 Å². The van der Waals surface area contributed by atoms with Crippen LogP contribution in [0.2, 0.25) is 0 Å². The summed E-state index contributed by atoms with van der Waals surface area (Å²) in [6.07, 6.45) is 1.55. The van der Waals surface area contributed by atoms with Gasteiger partial charge in [-0.3, -0.25) is 0 Å². The summed E-state index contributed by atoms with van der Waals surface area (Å²) in [5.74, 6) is 1.08. The number of ether oxygens (including phenoxy) is 2. The summed E-state index contributed by atoms with van der Waals surface area (Å²) in [4.78, 5) is 4.05. The highest BCUT2D eigenvalue weighted by atomic mass is 16.5. The zero-order valence-corrected chi connectivity index (χ0v) is 9.96. The fourth-order valence-corrected chi connectivity index (χ4v) is 1.52. The molecule has 90 valence electrons. The molecule has 0 N–H and O–H groups in total. The van der Waals surface area contributed by atoms with E-state index >= 15 is 0 Å². The van der Waals surface area contributed by atoms with E-state index in [4.69, 9.17) is 14.7 Å². The molecular weight excluding hydrogens is 228 g/mol. The number of nitriles is 1. The molecule has 0 saturated carbocycles. The first-order valence-corrected chi connectivity index (χ1v) is 5.43. The predicted molar refractivity (Wildman–Crippen MR) is 66.2 cm³/mol. The van der Waals surface area contributed by atoms with Crippen molar-refractivity contribution >= 4 is 0 Å². The molecule has 0 amide bonds. The number of benzene rings is 1. The molecule has 0 atom stereocenters. The van der Waals surface area contributed by atoms with Gasteiger partial charge in [-0.1, -0.05) is 12.1 Å². The Labute approximate surface area is 105 Å². The van der Waals surface area contributed by atoms with E-state index in [2.05, 4.69) is 4.98 Å². The van der Waals surface area contributed by atoms with Gasteiger partial charge in [-0.05, 0) is 23.8 Å². The molecule has 0 saturated heterocycles. The van der Waals surface area contributed by atoms with Crippen molar-refractivity contribution in [1.29, 1.82) is 5.26 Å². The number of methoxy groups -OCH3 is 1. The van der Waals surface area contributed by atoms with Gasteiger partial charge in [-0.25, -0.2) is 4.98 Å². The third kappa shape index (κ3) is 3.06. The first kappa shape index (κ1) is 12.1. The van der Waals surface area contributed by atoms with Crippen molar-refractivity contribution in [1.82, 2.24) is 4.98 Å². The molecule has 2 aromatic rings. The standard InChI is InChI=1S/C14H12N2O2/c1-17-10-12-3-2-4-13(7-12)18-14-8-11(9-15)5-6-16-14/h2-8H,10H2,1H3. The van der Waals surface area contributed by atoms with Gasteiger partial charge in [0.1, 0.15) is 5.75 Å². The van der Waals surface area contributed by atoms with E-state index in [0.717, 1.165) is 5.56 Å². The summed E-state index contributed by atoms with van der Waals surface area (Å²) in [5.41, 5.74) is 1.54. The number of hydrogen-bond acceptors (Lipinski definition) is 4. The maximum absolute atomic E-state index is 8.79. The van der Waals surface area contributed by atoms with E-state index in [1.165, 1.54) is 0 Å². The number of aromatic nitrogens is 1. The first-order chi connectivity index (χ1) is 8.81. The van der Waals surface area contributed by atoms with Crippen LogP contribution in [0.5, 0.6) is 11.6 Å². The molecule has 4 nitrogen and oxygen atoms in total. The van der Waals surface area contributed by atoms with E-state index in [-0.39, 0.29) is 0 Å². The number of rotatable bonds is 4. The highest BCUT2D eigenvalue weighted by molar-refractivity contribution is 5.35. The molecule has 0 radical (unpaired) electrons. The van der Waals surface area contributed by atoms with E-state index in [1.54, 1.807) is 25.4 Å². The van der Waals surface area contributed by atoms with Crippen molar-refractivity contribution < 1.29 is 9.47 Å². The first-order valence-electron chi connectivity index (χ1n) is 5.43. The van der Waals surface area contributed by atoms with Gasteiger partial charge in [-0.2, -0.15) is 5.26 Å². The van der Waals surface area contributed by atoms with Gasteiger partial charge in [-0.15, -0.1) is 0 Å². The average molecular weight is 240 g/mol. The molecule has 18 heavy (non-hydrogen) atoms. The summed E-state index contributed by atoms with van der Waals surface area (Å²) in [6, 6.07) is 12.8. The molecule has 4 heteroatoms. The van der Waals surface area contributed by atoms with Crippen LogP contribution in [0, 0.1) is 11.3 Å². The van der Waals surface area contributed by atoms with Gasteiger partial charge in [0.25, 0.3) is 0 Å². The Morgan fingerprint density at radius 2 is 2.17 bits per heavy atom. The van der Waals surface area contributed by atoms with Crippen LogP contribution >= 0.6 is 0 Å². The minimum atomic E-state index is 0.406. The zero-order chi connectivity index (χ0) is 12.8. The van der Waals surface area contributed by atoms with Crippen molar-refractivity contribution in [2.75, 3.05) is 7.11 Å². The van der Waals surface area contributed by atoms with Crippen molar-refractivity contribution in [3.63, 3.8) is 0 Å². The highest BCUT2D eigenvalue weighted by Gasteiger charge is 2.01. The minimum Gasteiger partial charge on any atom is -0.439 e. The van der Waals surface area contributed by atoms with Crippen molar-refractivity contribution in [2.45, 2.75) is 6.61 Å². The fraction of sp³-hybridized carbons (Fsp3) is 0.143. The van der Waals surface area contributed by atoms with Gasteiger partial charge in [0.05, 0.1) is 18.2 Å². The van der Waals surface area contributed by atoms with E-state index in [9.17, 15) is 0 Å². The molecule has 0 aliphatic carbocycles. The maximum Gasteiger partial charge on any atom is 0.220 e. The van der Waals surface area contributed by atoms with Crippen LogP contribution in [0.4, 0.5) is 0 Å². The third-order valence-electron chi connectivity index (χ3n) is 2.30. The quantitative estimate of drug-likeness (QED) is 0.824. The normalized spacial score (nSPS) is 9.78. The van der Waals surface area contributed by atoms with Crippen LogP contribution in [0.25, 0.3) is 0 Å². The van der Waals surface area contributed by atoms with Crippen LogP contribution < -0.4 is 4.74 Å². The summed E-state index contributed by atoms with van der Waals surface area (Å²) in [5, 5.41) is 8.79. The molecule has 1 aromatic heterocycles. The van der Waals surface area contributed by atoms with Crippen molar-refractivity contribution in [2.24, 2.45) is 0 Å². The summed E-state index contributed by atoms with van der Waals surface area (Å²) >= 11 is 0. The highest BCUT2D eigenvalue weighted by Crippen LogP contribution is 2.21. The largest absolute Gasteiger partial charge is 0.439 e. The Bertz CT molecular complexity index is 576. The van der Waals surface area contributed by atoms with Crippen LogP contribution in [0.3, 0.4) is 0 Å². The molecule has 0 unspecified atom stereocenters. The predicted octanol–water partition coefficient (Wildman–Crippen LogP) is 2.89. The molecule has 0 aliphatic heterocycles. The molecule has 0 spiro atoms. The third-order valence-corrected chi connectivity index (χ3v) is 2.30. The molecule has 2 rings (SSSR count). The van der Waals surface area contributed by atoms with Gasteiger partial charge < -0.3 is 9.47 Å². The second-order valence-electron chi connectivity index (χ2n) is 3.68.